The first-order valence-electron chi connectivity index (χ1n) is 9.64. The summed E-state index contributed by atoms with van der Waals surface area (Å²) in [4.78, 5) is 32.2. The molecule has 1 aromatic carbocycles. The van der Waals surface area contributed by atoms with Crippen molar-refractivity contribution in [3.63, 3.8) is 0 Å². The van der Waals surface area contributed by atoms with Gasteiger partial charge in [-0.3, -0.25) is 14.2 Å². The maximum Gasteiger partial charge on any atom is 0.263 e. The van der Waals surface area contributed by atoms with Crippen LogP contribution < -0.4 is 11.0 Å². The molecule has 0 unspecified atom stereocenters. The number of hydrogen-bond acceptors (Lipinski definition) is 5. The standard InChI is InChI=1S/C21H20Cl2N4O2S/c1-11-3-6-15-17(7-11)30-20-18(15)21(29)27(10-24-20)12(2)19(28)26-25-9-13-4-5-14(22)8-16(13)23/h4-5,8-12H,3,6-7H2,1-2H3,(H,26,28)/b25-9+/t11-,12+/m1/s1. The van der Waals surface area contributed by atoms with Gasteiger partial charge in [0.2, 0.25) is 0 Å². The van der Waals surface area contributed by atoms with Crippen LogP contribution >= 0.6 is 34.5 Å². The number of hydrogen-bond donors (Lipinski definition) is 1. The van der Waals surface area contributed by atoms with E-state index in [1.165, 1.54) is 22.0 Å². The lowest BCUT2D eigenvalue weighted by Crippen LogP contribution is -2.34. The highest BCUT2D eigenvalue weighted by Crippen LogP contribution is 2.35. The molecule has 3 aromatic rings. The number of carbonyl (C=O) groups is 1. The summed E-state index contributed by atoms with van der Waals surface area (Å²) in [5.74, 6) is 0.196. The van der Waals surface area contributed by atoms with E-state index >= 15 is 0 Å². The highest BCUT2D eigenvalue weighted by atomic mass is 35.5. The second-order valence-corrected chi connectivity index (χ2v) is 9.49. The van der Waals surface area contributed by atoms with E-state index in [1.54, 1.807) is 36.5 Å². The number of aromatic nitrogens is 2. The van der Waals surface area contributed by atoms with Crippen LogP contribution in [0.15, 0.2) is 34.4 Å². The first kappa shape index (κ1) is 21.0. The minimum atomic E-state index is -0.759. The molecule has 0 saturated carbocycles. The molecule has 2 aromatic heterocycles. The molecular formula is C21H20Cl2N4O2S. The van der Waals surface area contributed by atoms with Crippen molar-refractivity contribution in [2.45, 2.75) is 39.2 Å². The molecule has 0 saturated heterocycles. The van der Waals surface area contributed by atoms with Gasteiger partial charge in [-0.2, -0.15) is 5.10 Å². The van der Waals surface area contributed by atoms with E-state index in [4.69, 9.17) is 23.2 Å². The fourth-order valence-electron chi connectivity index (χ4n) is 3.61. The topological polar surface area (TPSA) is 76.3 Å². The van der Waals surface area contributed by atoms with Gasteiger partial charge < -0.3 is 0 Å². The molecule has 30 heavy (non-hydrogen) atoms. The summed E-state index contributed by atoms with van der Waals surface area (Å²) < 4.78 is 1.37. The van der Waals surface area contributed by atoms with Crippen LogP contribution in [0.3, 0.4) is 0 Å². The molecule has 1 aliphatic carbocycles. The number of fused-ring (bicyclic) bond motifs is 3. The number of carbonyl (C=O) groups excluding carboxylic acids is 1. The van der Waals surface area contributed by atoms with E-state index in [9.17, 15) is 9.59 Å². The van der Waals surface area contributed by atoms with Gasteiger partial charge in [0.15, 0.2) is 0 Å². The lowest BCUT2D eigenvalue weighted by molar-refractivity contribution is -0.123. The Bertz CT molecular complexity index is 1220. The van der Waals surface area contributed by atoms with Gasteiger partial charge in [0, 0.05) is 15.5 Å². The quantitative estimate of drug-likeness (QED) is 0.454. The molecule has 4 rings (SSSR count). The molecular weight excluding hydrogens is 443 g/mol. The summed E-state index contributed by atoms with van der Waals surface area (Å²) in [5, 5.41) is 5.55. The molecule has 0 fully saturated rings. The Morgan fingerprint density at radius 2 is 2.23 bits per heavy atom. The predicted octanol–water partition coefficient (Wildman–Crippen LogP) is 4.60. The normalized spacial score (nSPS) is 17.3. The second kappa shape index (κ2) is 8.49. The highest BCUT2D eigenvalue weighted by molar-refractivity contribution is 7.18. The average molecular weight is 463 g/mol. The average Bonchev–Trinajstić information content (AvgIpc) is 3.07. The third-order valence-electron chi connectivity index (χ3n) is 5.38. The lowest BCUT2D eigenvalue weighted by Gasteiger charge is -2.18. The Morgan fingerprint density at radius 1 is 1.43 bits per heavy atom. The van der Waals surface area contributed by atoms with Gasteiger partial charge in [-0.25, -0.2) is 10.4 Å². The van der Waals surface area contributed by atoms with Crippen molar-refractivity contribution in [2.24, 2.45) is 11.0 Å². The van der Waals surface area contributed by atoms with E-state index in [0.717, 1.165) is 29.7 Å². The summed E-state index contributed by atoms with van der Waals surface area (Å²) in [6.07, 6.45) is 5.80. The number of nitrogens with one attached hydrogen (secondary N) is 1. The summed E-state index contributed by atoms with van der Waals surface area (Å²) in [6, 6.07) is 4.22. The monoisotopic (exact) mass is 462 g/mol. The number of amides is 1. The molecule has 0 radical (unpaired) electrons. The Morgan fingerprint density at radius 3 is 3.00 bits per heavy atom. The molecule has 1 N–H and O–H groups in total. The van der Waals surface area contributed by atoms with Gasteiger partial charge in [-0.05, 0) is 49.8 Å². The highest BCUT2D eigenvalue weighted by Gasteiger charge is 2.25. The van der Waals surface area contributed by atoms with Gasteiger partial charge in [0.05, 0.1) is 23.0 Å². The molecule has 9 heteroatoms. The van der Waals surface area contributed by atoms with Crippen LogP contribution in [0, 0.1) is 5.92 Å². The van der Waals surface area contributed by atoms with Crippen LogP contribution in [0.2, 0.25) is 10.0 Å². The summed E-state index contributed by atoms with van der Waals surface area (Å²) in [5.41, 5.74) is 4.00. The van der Waals surface area contributed by atoms with E-state index in [-0.39, 0.29) is 5.56 Å². The van der Waals surface area contributed by atoms with Crippen molar-refractivity contribution in [1.29, 1.82) is 0 Å². The minimum absolute atomic E-state index is 0.181. The summed E-state index contributed by atoms with van der Waals surface area (Å²) in [6.45, 7) is 3.87. The van der Waals surface area contributed by atoms with Gasteiger partial charge in [0.25, 0.3) is 11.5 Å². The van der Waals surface area contributed by atoms with Crippen LogP contribution in [0.25, 0.3) is 10.2 Å². The first-order chi connectivity index (χ1) is 14.3. The third-order valence-corrected chi connectivity index (χ3v) is 7.10. The summed E-state index contributed by atoms with van der Waals surface area (Å²) in [7, 11) is 0. The van der Waals surface area contributed by atoms with Crippen LogP contribution in [-0.4, -0.2) is 21.7 Å². The molecule has 0 bridgehead atoms. The summed E-state index contributed by atoms with van der Waals surface area (Å²) >= 11 is 13.6. The van der Waals surface area contributed by atoms with Crippen molar-refractivity contribution in [3.05, 3.63) is 60.9 Å². The largest absolute Gasteiger partial charge is 0.286 e. The fourth-order valence-corrected chi connectivity index (χ4v) is 5.41. The van der Waals surface area contributed by atoms with Gasteiger partial charge in [-0.15, -0.1) is 11.3 Å². The van der Waals surface area contributed by atoms with E-state index in [2.05, 4.69) is 22.4 Å². The zero-order chi connectivity index (χ0) is 21.4. The number of nitrogens with zero attached hydrogens (tertiary/aromatic N) is 3. The molecule has 2 atom stereocenters. The van der Waals surface area contributed by atoms with Crippen LogP contribution in [-0.2, 0) is 17.6 Å². The maximum absolute atomic E-state index is 13.1. The second-order valence-electron chi connectivity index (χ2n) is 7.56. The minimum Gasteiger partial charge on any atom is -0.286 e. The van der Waals surface area contributed by atoms with E-state index in [0.29, 0.717) is 26.9 Å². The maximum atomic E-state index is 13.1. The number of benzene rings is 1. The van der Waals surface area contributed by atoms with E-state index in [1.807, 2.05) is 0 Å². The van der Waals surface area contributed by atoms with Crippen LogP contribution in [0.5, 0.6) is 0 Å². The molecule has 0 spiro atoms. The van der Waals surface area contributed by atoms with Gasteiger partial charge in [-0.1, -0.05) is 36.2 Å². The van der Waals surface area contributed by atoms with Crippen molar-refractivity contribution in [2.75, 3.05) is 0 Å². The molecule has 156 valence electrons. The first-order valence-corrected chi connectivity index (χ1v) is 11.2. The van der Waals surface area contributed by atoms with Crippen LogP contribution in [0.1, 0.15) is 42.3 Å². The van der Waals surface area contributed by atoms with Gasteiger partial charge in [0.1, 0.15) is 10.9 Å². The third kappa shape index (κ3) is 4.02. The zero-order valence-electron chi connectivity index (χ0n) is 16.5. The number of rotatable bonds is 4. The lowest BCUT2D eigenvalue weighted by atomic mass is 9.89. The smallest absolute Gasteiger partial charge is 0.263 e. The van der Waals surface area contributed by atoms with Crippen molar-refractivity contribution >= 4 is 56.9 Å². The van der Waals surface area contributed by atoms with Crippen molar-refractivity contribution in [3.8, 4) is 0 Å². The Labute approximate surface area is 187 Å². The molecule has 0 aliphatic heterocycles. The van der Waals surface area contributed by atoms with Gasteiger partial charge >= 0.3 is 0 Å². The molecule has 6 nitrogen and oxygen atoms in total. The Kier molecular flexibility index (Phi) is 5.95. The predicted molar refractivity (Wildman–Crippen MR) is 122 cm³/mol. The molecule has 2 heterocycles. The molecule has 1 amide bonds. The number of halogens is 2. The van der Waals surface area contributed by atoms with E-state index < -0.39 is 11.9 Å². The van der Waals surface area contributed by atoms with Crippen molar-refractivity contribution < 1.29 is 4.79 Å². The molecule has 1 aliphatic rings. The number of hydrazone groups is 1. The van der Waals surface area contributed by atoms with Crippen molar-refractivity contribution in [1.82, 2.24) is 15.0 Å². The van der Waals surface area contributed by atoms with Crippen LogP contribution in [0.4, 0.5) is 0 Å². The number of aryl methyl sites for hydroxylation is 1. The SMILES string of the molecule is C[C@@H]1CCc2c(sc3ncn([C@@H](C)C(=O)N/N=C/c4ccc(Cl)cc4Cl)c(=O)c23)C1. The fraction of sp³-hybridized carbons (Fsp3) is 0.333. The zero-order valence-corrected chi connectivity index (χ0v) is 18.8. The Balaban J connectivity index is 1.56. The number of thiophene rings is 1. The Hall–Kier alpha value is -2.22.